The van der Waals surface area contributed by atoms with Crippen molar-refractivity contribution in [3.8, 4) is 0 Å². The Morgan fingerprint density at radius 2 is 1.97 bits per heavy atom. The van der Waals surface area contributed by atoms with Crippen molar-refractivity contribution < 1.29 is 4.79 Å². The van der Waals surface area contributed by atoms with Gasteiger partial charge in [-0.3, -0.25) is 4.79 Å². The number of pyridine rings is 1. The van der Waals surface area contributed by atoms with Gasteiger partial charge >= 0.3 is 0 Å². The van der Waals surface area contributed by atoms with E-state index in [9.17, 15) is 4.79 Å². The lowest BCUT2D eigenvalue weighted by molar-refractivity contribution is 0.0988. The van der Waals surface area contributed by atoms with Crippen LogP contribution in [0.25, 0.3) is 11.0 Å². The van der Waals surface area contributed by atoms with Crippen LogP contribution in [0, 0.1) is 6.92 Å². The Labute approximate surface area is 170 Å². The average Bonchev–Trinajstić information content (AvgIpc) is 3.49. The first kappa shape index (κ1) is 18.2. The number of benzene rings is 1. The number of fused-ring (bicyclic) bond motifs is 2. The molecule has 2 aromatic heterocycles. The molecule has 6 nitrogen and oxygen atoms in total. The van der Waals surface area contributed by atoms with Gasteiger partial charge in [0.15, 0.2) is 5.65 Å². The van der Waals surface area contributed by atoms with Crippen LogP contribution in [0.1, 0.15) is 61.3 Å². The van der Waals surface area contributed by atoms with Crippen LogP contribution in [0.15, 0.2) is 30.3 Å². The molecule has 6 heteroatoms. The molecule has 1 aliphatic carbocycles. The van der Waals surface area contributed by atoms with E-state index in [-0.39, 0.29) is 11.4 Å². The minimum atomic E-state index is -0.205. The van der Waals surface area contributed by atoms with Crippen LogP contribution in [-0.2, 0) is 5.54 Å². The molecular weight excluding hydrogens is 362 g/mol. The maximum absolute atomic E-state index is 13.8. The third-order valence-corrected chi connectivity index (χ3v) is 5.78. The van der Waals surface area contributed by atoms with Gasteiger partial charge in [0, 0.05) is 24.7 Å². The fraction of sp³-hybridized carbons (Fsp3) is 0.435. The Bertz CT molecular complexity index is 1120. The fourth-order valence-electron chi connectivity index (χ4n) is 4.17. The molecule has 29 heavy (non-hydrogen) atoms. The molecule has 1 saturated carbocycles. The summed E-state index contributed by atoms with van der Waals surface area (Å²) in [5, 5.41) is 9.05. The number of hydrogen-bond donors (Lipinski definition) is 1. The van der Waals surface area contributed by atoms with Gasteiger partial charge in [-0.25, -0.2) is 9.67 Å². The van der Waals surface area contributed by atoms with Gasteiger partial charge in [-0.2, -0.15) is 5.10 Å². The molecule has 150 valence electrons. The maximum atomic E-state index is 13.8. The van der Waals surface area contributed by atoms with Gasteiger partial charge in [-0.05, 0) is 58.7 Å². The summed E-state index contributed by atoms with van der Waals surface area (Å²) in [6, 6.07) is 10.0. The van der Waals surface area contributed by atoms with Gasteiger partial charge in [0.25, 0.3) is 5.91 Å². The predicted octanol–water partition coefficient (Wildman–Crippen LogP) is 4.44. The number of rotatable bonds is 2. The second-order valence-electron chi connectivity index (χ2n) is 9.14. The van der Waals surface area contributed by atoms with Crippen molar-refractivity contribution in [1.29, 1.82) is 0 Å². The number of aromatic nitrogens is 3. The van der Waals surface area contributed by atoms with Gasteiger partial charge < -0.3 is 10.2 Å². The van der Waals surface area contributed by atoms with Crippen molar-refractivity contribution in [3.05, 3.63) is 47.3 Å². The third-order valence-electron chi connectivity index (χ3n) is 5.78. The van der Waals surface area contributed by atoms with E-state index in [1.165, 1.54) is 0 Å². The van der Waals surface area contributed by atoms with E-state index in [1.54, 1.807) is 0 Å². The normalized spacial score (nSPS) is 16.6. The summed E-state index contributed by atoms with van der Waals surface area (Å²) in [6.07, 6.45) is 2.29. The molecule has 1 fully saturated rings. The molecule has 0 spiro atoms. The van der Waals surface area contributed by atoms with E-state index in [2.05, 4.69) is 26.1 Å². The van der Waals surface area contributed by atoms with Crippen LogP contribution in [0.2, 0.25) is 0 Å². The van der Waals surface area contributed by atoms with Crippen LogP contribution >= 0.6 is 0 Å². The minimum Gasteiger partial charge on any atom is -0.382 e. The van der Waals surface area contributed by atoms with Crippen molar-refractivity contribution in [2.75, 3.05) is 23.3 Å². The second kappa shape index (κ2) is 6.31. The SMILES string of the molecule is Cc1nn(C(C)(C)C)c2nc(C3CC3)cc(C(=O)N3CCNc4ccccc43)c12. The number of para-hydroxylation sites is 2. The summed E-state index contributed by atoms with van der Waals surface area (Å²) >= 11 is 0. The number of anilines is 2. The molecule has 3 heterocycles. The van der Waals surface area contributed by atoms with Gasteiger partial charge in [-0.1, -0.05) is 12.1 Å². The Balaban J connectivity index is 1.71. The number of nitrogens with zero attached hydrogens (tertiary/aromatic N) is 4. The summed E-state index contributed by atoms with van der Waals surface area (Å²) in [5.41, 5.74) is 5.16. The van der Waals surface area contributed by atoms with Crippen molar-refractivity contribution in [1.82, 2.24) is 14.8 Å². The molecule has 0 radical (unpaired) electrons. The molecule has 5 rings (SSSR count). The lowest BCUT2D eigenvalue weighted by Crippen LogP contribution is -2.39. The maximum Gasteiger partial charge on any atom is 0.259 e. The predicted molar refractivity (Wildman–Crippen MR) is 116 cm³/mol. The summed E-state index contributed by atoms with van der Waals surface area (Å²) in [7, 11) is 0. The number of nitrogens with one attached hydrogen (secondary N) is 1. The van der Waals surface area contributed by atoms with Crippen LogP contribution in [-0.4, -0.2) is 33.8 Å². The summed E-state index contributed by atoms with van der Waals surface area (Å²) in [6.45, 7) is 9.73. The number of aryl methyl sites for hydroxylation is 1. The zero-order valence-electron chi connectivity index (χ0n) is 17.5. The molecule has 1 aromatic carbocycles. The average molecular weight is 390 g/mol. The molecule has 0 saturated heterocycles. The van der Waals surface area contributed by atoms with E-state index in [0.717, 1.165) is 58.7 Å². The Kier molecular flexibility index (Phi) is 3.95. The number of carbonyl (C=O) groups excluding carboxylic acids is 1. The van der Waals surface area contributed by atoms with Crippen molar-refractivity contribution in [2.45, 2.75) is 52.0 Å². The van der Waals surface area contributed by atoms with Gasteiger partial charge in [0.05, 0.1) is 33.6 Å². The van der Waals surface area contributed by atoms with Gasteiger partial charge in [-0.15, -0.1) is 0 Å². The van der Waals surface area contributed by atoms with Crippen LogP contribution in [0.3, 0.4) is 0 Å². The highest BCUT2D eigenvalue weighted by atomic mass is 16.2. The Hall–Kier alpha value is -2.89. The smallest absolute Gasteiger partial charge is 0.259 e. The molecule has 0 atom stereocenters. The standard InChI is InChI=1S/C23H27N5O/c1-14-20-16(22(29)27-12-11-24-17-7-5-6-8-19(17)27)13-18(15-9-10-15)25-21(20)28(26-14)23(2,3)4/h5-8,13,15,24H,9-12H2,1-4H3. The van der Waals surface area contributed by atoms with E-state index in [4.69, 9.17) is 10.1 Å². The Morgan fingerprint density at radius 3 is 2.69 bits per heavy atom. The topological polar surface area (TPSA) is 63.1 Å². The number of amides is 1. The van der Waals surface area contributed by atoms with E-state index >= 15 is 0 Å². The van der Waals surface area contributed by atoms with Crippen LogP contribution < -0.4 is 10.2 Å². The fourth-order valence-corrected chi connectivity index (χ4v) is 4.17. The zero-order valence-corrected chi connectivity index (χ0v) is 17.5. The van der Waals surface area contributed by atoms with Crippen molar-refractivity contribution in [3.63, 3.8) is 0 Å². The van der Waals surface area contributed by atoms with Crippen LogP contribution in [0.5, 0.6) is 0 Å². The molecule has 0 unspecified atom stereocenters. The highest BCUT2D eigenvalue weighted by Gasteiger charge is 2.32. The quantitative estimate of drug-likeness (QED) is 0.704. The van der Waals surface area contributed by atoms with Crippen molar-refractivity contribution >= 4 is 28.3 Å². The van der Waals surface area contributed by atoms with E-state index in [0.29, 0.717) is 12.5 Å². The molecule has 1 aliphatic heterocycles. The third kappa shape index (κ3) is 2.98. The monoisotopic (exact) mass is 389 g/mol. The van der Waals surface area contributed by atoms with Gasteiger partial charge in [0.2, 0.25) is 0 Å². The molecule has 1 N–H and O–H groups in total. The Morgan fingerprint density at radius 1 is 1.21 bits per heavy atom. The lowest BCUT2D eigenvalue weighted by atomic mass is 10.0. The summed E-state index contributed by atoms with van der Waals surface area (Å²) in [5.74, 6) is 0.495. The van der Waals surface area contributed by atoms with Crippen molar-refractivity contribution in [2.24, 2.45) is 0 Å². The molecule has 1 amide bonds. The first-order valence-electron chi connectivity index (χ1n) is 10.4. The first-order chi connectivity index (χ1) is 13.8. The zero-order chi connectivity index (χ0) is 20.3. The summed E-state index contributed by atoms with van der Waals surface area (Å²) < 4.78 is 1.98. The molecule has 3 aromatic rings. The number of carbonyl (C=O) groups is 1. The van der Waals surface area contributed by atoms with E-state index in [1.807, 2.05) is 46.8 Å². The molecule has 2 aliphatic rings. The molecule has 0 bridgehead atoms. The highest BCUT2D eigenvalue weighted by Crippen LogP contribution is 2.41. The lowest BCUT2D eigenvalue weighted by Gasteiger charge is -2.30. The number of hydrogen-bond acceptors (Lipinski definition) is 4. The van der Waals surface area contributed by atoms with Gasteiger partial charge in [0.1, 0.15) is 0 Å². The molecular formula is C23H27N5O. The highest BCUT2D eigenvalue weighted by molar-refractivity contribution is 6.15. The minimum absolute atomic E-state index is 0.0322. The second-order valence-corrected chi connectivity index (χ2v) is 9.14. The first-order valence-corrected chi connectivity index (χ1v) is 10.4. The van der Waals surface area contributed by atoms with E-state index < -0.39 is 0 Å². The summed E-state index contributed by atoms with van der Waals surface area (Å²) in [4.78, 5) is 20.7. The van der Waals surface area contributed by atoms with Crippen LogP contribution in [0.4, 0.5) is 11.4 Å². The largest absolute Gasteiger partial charge is 0.382 e.